The Hall–Kier alpha value is -3.59. The number of esters is 1. The molecule has 0 bridgehead atoms. The third-order valence-corrected chi connectivity index (χ3v) is 8.68. The Bertz CT molecular complexity index is 1400. The molecule has 2 saturated heterocycles. The standard InChI is InChI=1S/C33H37ClN4O4.ClH/c1-22-9-13-24(14-10-22)33(25-15-11-23(2)12-16-25)31(40)38(32(41)36-33)19-6-18-37-20-17-28(26(21-37)30(39)42-3)35-29-8-5-4-7-27(29)34;/h4-5,7-16,26,28,35H,6,17-21H2,1-3H3,(H,36,41);1H. The van der Waals surface area contributed by atoms with E-state index in [4.69, 9.17) is 16.3 Å². The molecule has 5 rings (SSSR count). The molecule has 3 aromatic rings. The molecule has 10 heteroatoms. The second kappa shape index (κ2) is 13.8. The van der Waals surface area contributed by atoms with Crippen molar-refractivity contribution in [3.8, 4) is 0 Å². The number of piperidine rings is 1. The summed E-state index contributed by atoms with van der Waals surface area (Å²) in [5.41, 5.74) is 3.11. The Kier molecular flexibility index (Phi) is 10.4. The van der Waals surface area contributed by atoms with Crippen LogP contribution < -0.4 is 10.6 Å². The fourth-order valence-electron chi connectivity index (χ4n) is 5.96. The maximum atomic E-state index is 14.1. The summed E-state index contributed by atoms with van der Waals surface area (Å²) in [6, 6.07) is 22.4. The molecule has 0 radical (unpaired) electrons. The minimum absolute atomic E-state index is 0. The summed E-state index contributed by atoms with van der Waals surface area (Å²) in [6.45, 7) is 6.14. The molecule has 2 unspecified atom stereocenters. The molecule has 2 N–H and O–H groups in total. The molecule has 0 saturated carbocycles. The highest BCUT2D eigenvalue weighted by Crippen LogP contribution is 2.36. The summed E-state index contributed by atoms with van der Waals surface area (Å²) >= 11 is 6.35. The van der Waals surface area contributed by atoms with Crippen LogP contribution in [0.1, 0.15) is 35.1 Å². The van der Waals surface area contributed by atoms with Gasteiger partial charge in [0.05, 0.1) is 23.7 Å². The first-order valence-electron chi connectivity index (χ1n) is 14.3. The summed E-state index contributed by atoms with van der Waals surface area (Å²) in [4.78, 5) is 43.6. The highest BCUT2D eigenvalue weighted by molar-refractivity contribution is 6.33. The summed E-state index contributed by atoms with van der Waals surface area (Å²) in [6.07, 6.45) is 1.30. The van der Waals surface area contributed by atoms with Crippen molar-refractivity contribution < 1.29 is 19.1 Å². The first-order chi connectivity index (χ1) is 20.2. The number of carbonyl (C=O) groups is 3. The zero-order valence-electron chi connectivity index (χ0n) is 24.6. The number of amides is 3. The number of hydrogen-bond acceptors (Lipinski definition) is 6. The lowest BCUT2D eigenvalue weighted by atomic mass is 9.82. The zero-order valence-corrected chi connectivity index (χ0v) is 26.2. The van der Waals surface area contributed by atoms with Gasteiger partial charge in [-0.1, -0.05) is 83.4 Å². The van der Waals surface area contributed by atoms with E-state index in [9.17, 15) is 14.4 Å². The number of halogens is 2. The highest BCUT2D eigenvalue weighted by atomic mass is 35.5. The van der Waals surface area contributed by atoms with E-state index in [0.717, 1.165) is 40.9 Å². The molecule has 43 heavy (non-hydrogen) atoms. The third kappa shape index (κ3) is 6.66. The van der Waals surface area contributed by atoms with Crippen LogP contribution in [0.5, 0.6) is 0 Å². The number of urea groups is 1. The van der Waals surface area contributed by atoms with E-state index in [1.54, 1.807) is 0 Å². The Morgan fingerprint density at radius 1 is 0.977 bits per heavy atom. The maximum Gasteiger partial charge on any atom is 0.325 e. The summed E-state index contributed by atoms with van der Waals surface area (Å²) in [5.74, 6) is -0.943. The number of rotatable bonds is 9. The highest BCUT2D eigenvalue weighted by Gasteiger charge is 2.53. The van der Waals surface area contributed by atoms with Crippen LogP contribution in [0.15, 0.2) is 72.8 Å². The third-order valence-electron chi connectivity index (χ3n) is 8.35. The fraction of sp³-hybridized carbons (Fsp3) is 0.364. The first kappa shape index (κ1) is 32.3. The predicted molar refractivity (Wildman–Crippen MR) is 171 cm³/mol. The van der Waals surface area contributed by atoms with Gasteiger partial charge in [0.15, 0.2) is 5.54 Å². The first-order valence-corrected chi connectivity index (χ1v) is 14.7. The Morgan fingerprint density at radius 2 is 1.58 bits per heavy atom. The van der Waals surface area contributed by atoms with Crippen molar-refractivity contribution in [3.05, 3.63) is 100 Å². The number of anilines is 1. The molecule has 8 nitrogen and oxygen atoms in total. The van der Waals surface area contributed by atoms with Crippen molar-refractivity contribution in [1.29, 1.82) is 0 Å². The zero-order chi connectivity index (χ0) is 29.9. The molecule has 3 amide bonds. The smallest absolute Gasteiger partial charge is 0.325 e. The normalized spacial score (nSPS) is 19.9. The monoisotopic (exact) mass is 624 g/mol. The van der Waals surface area contributed by atoms with Crippen LogP contribution in [0.3, 0.4) is 0 Å². The van der Waals surface area contributed by atoms with Crippen LogP contribution in [0.25, 0.3) is 0 Å². The SMILES string of the molecule is COC(=O)C1CN(CCCN2C(=O)NC(c3ccc(C)cc3)(c3ccc(C)cc3)C2=O)CCC1Nc1ccccc1Cl.Cl. The van der Waals surface area contributed by atoms with Gasteiger partial charge in [-0.05, 0) is 56.5 Å². The number of benzene rings is 3. The van der Waals surface area contributed by atoms with Crippen molar-refractivity contribution in [3.63, 3.8) is 0 Å². The van der Waals surface area contributed by atoms with E-state index in [2.05, 4.69) is 15.5 Å². The van der Waals surface area contributed by atoms with Gasteiger partial charge in [0.2, 0.25) is 0 Å². The second-order valence-corrected chi connectivity index (χ2v) is 11.6. The van der Waals surface area contributed by atoms with Crippen LogP contribution in [0.2, 0.25) is 5.02 Å². The van der Waals surface area contributed by atoms with E-state index in [-0.39, 0.29) is 42.8 Å². The molecular weight excluding hydrogens is 587 g/mol. The van der Waals surface area contributed by atoms with Gasteiger partial charge in [-0.2, -0.15) is 0 Å². The number of hydrogen-bond donors (Lipinski definition) is 2. The number of ether oxygens (including phenoxy) is 1. The summed E-state index contributed by atoms with van der Waals surface area (Å²) in [5, 5.41) is 7.06. The van der Waals surface area contributed by atoms with Gasteiger partial charge in [0.1, 0.15) is 0 Å². The van der Waals surface area contributed by atoms with Gasteiger partial charge in [-0.3, -0.25) is 14.5 Å². The van der Waals surface area contributed by atoms with E-state index in [1.165, 1.54) is 12.0 Å². The number of likely N-dealkylation sites (tertiary alicyclic amines) is 1. The molecule has 228 valence electrons. The largest absolute Gasteiger partial charge is 0.469 e. The lowest BCUT2D eigenvalue weighted by Gasteiger charge is -2.38. The maximum absolute atomic E-state index is 14.1. The molecule has 3 aromatic carbocycles. The number of methoxy groups -OCH3 is 1. The van der Waals surface area contributed by atoms with Crippen LogP contribution in [0, 0.1) is 19.8 Å². The molecule has 2 fully saturated rings. The van der Waals surface area contributed by atoms with E-state index < -0.39 is 11.6 Å². The number of carbonyl (C=O) groups excluding carboxylic acids is 3. The van der Waals surface area contributed by atoms with Crippen molar-refractivity contribution in [2.75, 3.05) is 38.6 Å². The van der Waals surface area contributed by atoms with Gasteiger partial charge in [0.25, 0.3) is 5.91 Å². The minimum atomic E-state index is -1.28. The Morgan fingerprint density at radius 3 is 2.16 bits per heavy atom. The number of nitrogens with zero attached hydrogens (tertiary/aromatic N) is 2. The average Bonchev–Trinajstić information content (AvgIpc) is 3.25. The molecule has 0 aliphatic carbocycles. The van der Waals surface area contributed by atoms with Crippen LogP contribution in [-0.2, 0) is 19.9 Å². The van der Waals surface area contributed by atoms with Crippen molar-refractivity contribution in [2.45, 2.75) is 38.3 Å². The molecule has 2 aliphatic heterocycles. The fourth-order valence-corrected chi connectivity index (χ4v) is 6.15. The number of nitrogens with one attached hydrogen (secondary N) is 2. The molecule has 0 aromatic heterocycles. The number of aryl methyl sites for hydroxylation is 2. The van der Waals surface area contributed by atoms with E-state index >= 15 is 0 Å². The molecule has 2 atom stereocenters. The van der Waals surface area contributed by atoms with Gasteiger partial charge < -0.3 is 20.3 Å². The summed E-state index contributed by atoms with van der Waals surface area (Å²) in [7, 11) is 1.40. The predicted octanol–water partition coefficient (Wildman–Crippen LogP) is 5.54. The van der Waals surface area contributed by atoms with E-state index in [1.807, 2.05) is 86.6 Å². The Balaban J connectivity index is 0.00000423. The molecule has 2 heterocycles. The van der Waals surface area contributed by atoms with E-state index in [0.29, 0.717) is 24.5 Å². The van der Waals surface area contributed by atoms with Gasteiger partial charge in [-0.25, -0.2) is 4.79 Å². The van der Waals surface area contributed by atoms with Crippen molar-refractivity contribution >= 4 is 47.6 Å². The van der Waals surface area contributed by atoms with Gasteiger partial charge in [0, 0.05) is 25.7 Å². The second-order valence-electron chi connectivity index (χ2n) is 11.2. The lowest BCUT2D eigenvalue weighted by Crippen LogP contribution is -2.50. The topological polar surface area (TPSA) is 91.0 Å². The van der Waals surface area contributed by atoms with Gasteiger partial charge >= 0.3 is 12.0 Å². The lowest BCUT2D eigenvalue weighted by molar-refractivity contribution is -0.147. The van der Waals surface area contributed by atoms with Crippen LogP contribution >= 0.6 is 24.0 Å². The van der Waals surface area contributed by atoms with Crippen LogP contribution in [-0.4, -0.2) is 67.0 Å². The van der Waals surface area contributed by atoms with Crippen LogP contribution in [0.4, 0.5) is 10.5 Å². The number of para-hydroxylation sites is 1. The summed E-state index contributed by atoms with van der Waals surface area (Å²) < 4.78 is 5.13. The average molecular weight is 626 g/mol. The molecular formula is C33H38Cl2N4O4. The quantitative estimate of drug-likeness (QED) is 0.240. The molecule has 0 spiro atoms. The van der Waals surface area contributed by atoms with Gasteiger partial charge in [-0.15, -0.1) is 12.4 Å². The minimum Gasteiger partial charge on any atom is -0.469 e. The van der Waals surface area contributed by atoms with Crippen molar-refractivity contribution in [1.82, 2.24) is 15.1 Å². The molecule has 2 aliphatic rings. The van der Waals surface area contributed by atoms with Crippen molar-refractivity contribution in [2.24, 2.45) is 5.92 Å². The Labute approximate surface area is 264 Å². The number of imide groups is 1.